The van der Waals surface area contributed by atoms with Crippen LogP contribution in [0.25, 0.3) is 0 Å². The number of benzene rings is 1. The van der Waals surface area contributed by atoms with Crippen LogP contribution >= 0.6 is 19.8 Å². The van der Waals surface area contributed by atoms with Gasteiger partial charge in [0, 0.05) is 0 Å². The first-order chi connectivity index (χ1) is 6.41. The Morgan fingerprint density at radius 3 is 2.00 bits per heavy atom. The molecule has 0 bridgehead atoms. The second-order valence-electron chi connectivity index (χ2n) is 2.48. The fourth-order valence-electron chi connectivity index (χ4n) is 0.739. The summed E-state index contributed by atoms with van der Waals surface area (Å²) in [5, 5.41) is 7.45. The molecule has 0 radical (unpaired) electrons. The van der Waals surface area contributed by atoms with Gasteiger partial charge in [-0.2, -0.15) is 0 Å². The van der Waals surface area contributed by atoms with Crippen LogP contribution in [0.5, 0.6) is 0 Å². The van der Waals surface area contributed by atoms with E-state index in [9.17, 15) is 4.57 Å². The minimum atomic E-state index is -4.02. The average molecular weight is 239 g/mol. The predicted molar refractivity (Wildman–Crippen MR) is 58.8 cm³/mol. The Bertz CT molecular complexity index is 369. The van der Waals surface area contributed by atoms with Crippen molar-refractivity contribution >= 4 is 61.0 Å². The van der Waals surface area contributed by atoms with Crippen LogP contribution < -0.4 is 8.12 Å². The molecule has 70 valence electrons. The van der Waals surface area contributed by atoms with E-state index in [1.165, 1.54) is 12.1 Å². The molecule has 0 aliphatic carbocycles. The molecule has 0 aliphatic rings. The molecule has 0 amide bonds. The first kappa shape index (κ1) is 14.2. The summed E-state index contributed by atoms with van der Waals surface area (Å²) in [5.74, 6) is 0. The van der Waals surface area contributed by atoms with Gasteiger partial charge in [0.15, 0.2) is 0 Å². The number of rotatable bonds is 1. The van der Waals surface area contributed by atoms with Crippen LogP contribution in [-0.4, -0.2) is 42.9 Å². The van der Waals surface area contributed by atoms with E-state index in [1.54, 1.807) is 17.3 Å². The van der Waals surface area contributed by atoms with Gasteiger partial charge >= 0.3 is 82.3 Å². The fraction of sp³-hybridized carbons (Fsp3) is 0. The van der Waals surface area contributed by atoms with Crippen molar-refractivity contribution in [2.45, 2.75) is 0 Å². The summed E-state index contributed by atoms with van der Waals surface area (Å²) >= 11 is 4.72. The summed E-state index contributed by atoms with van der Waals surface area (Å²) in [6, 6.07) is 6.42. The molecule has 1 rings (SSSR count). The second kappa shape index (κ2) is 6.62. The number of nitrogens with one attached hydrogen (secondary N) is 1. The van der Waals surface area contributed by atoms with Crippen LogP contribution in [0.15, 0.2) is 24.3 Å². The van der Waals surface area contributed by atoms with Gasteiger partial charge in [0.25, 0.3) is 0 Å². The number of hydrogen-bond acceptors (Lipinski definition) is 3. The van der Waals surface area contributed by atoms with Gasteiger partial charge in [-0.3, -0.25) is 0 Å². The molecule has 0 saturated carbocycles. The third-order valence-electron chi connectivity index (χ3n) is 1.37. The molecule has 0 aromatic heterocycles. The Kier molecular flexibility index (Phi) is 6.70. The molecule has 0 heterocycles. The molecule has 1 aromatic carbocycles. The van der Waals surface area contributed by atoms with Gasteiger partial charge in [0.1, 0.15) is 0 Å². The van der Waals surface area contributed by atoms with Crippen LogP contribution in [0.1, 0.15) is 0 Å². The number of hydrogen-bond donors (Lipinski definition) is 3. The van der Waals surface area contributed by atoms with E-state index < -0.39 is 7.60 Å². The molecule has 0 saturated heterocycles. The standard InChI is InChI=1S/C6H6O3P.CHNS.Na/c7-10(8,9)6-4-2-1-3-5-6;2-1-3;/h2-5H,(H2,7,8,9);2H;. The van der Waals surface area contributed by atoms with Crippen LogP contribution in [0.2, 0.25) is 0 Å². The van der Waals surface area contributed by atoms with E-state index in [0.717, 1.165) is 30.7 Å². The molecule has 0 fully saturated rings. The molecular formula is C7H7NNaO3PS. The number of thiocarbonyl (C=S) groups is 1. The third kappa shape index (κ3) is 5.81. The maximum atomic E-state index is 10.6. The number of isothiocyanates is 1. The van der Waals surface area contributed by atoms with Crippen molar-refractivity contribution in [1.82, 2.24) is 0 Å². The van der Waals surface area contributed by atoms with E-state index in [-0.39, 0.29) is 5.30 Å². The second-order valence-corrected chi connectivity index (χ2v) is 5.44. The Balaban J connectivity index is 0.000000500. The molecule has 4 nitrogen and oxygen atoms in total. The van der Waals surface area contributed by atoms with Gasteiger partial charge in [-0.05, 0) is 12.2 Å². The Morgan fingerprint density at radius 1 is 1.36 bits per heavy atom. The summed E-state index contributed by atoms with van der Waals surface area (Å²) in [7, 11) is -4.02. The zero-order valence-corrected chi connectivity index (χ0v) is 11.2. The van der Waals surface area contributed by atoms with Gasteiger partial charge < -0.3 is 0 Å². The van der Waals surface area contributed by atoms with Crippen molar-refractivity contribution < 1.29 is 14.4 Å². The van der Waals surface area contributed by atoms with Crippen molar-refractivity contribution in [3.8, 4) is 0 Å². The van der Waals surface area contributed by atoms with E-state index in [4.69, 9.17) is 15.2 Å². The van der Waals surface area contributed by atoms with Crippen LogP contribution in [0.3, 0.4) is 0 Å². The van der Waals surface area contributed by atoms with Gasteiger partial charge in [0.05, 0.1) is 5.16 Å². The summed E-state index contributed by atoms with van der Waals surface area (Å²) in [6.07, 6.45) is 0. The predicted octanol–water partition coefficient (Wildman–Crippen LogP) is -0.0486. The summed E-state index contributed by atoms with van der Waals surface area (Å²) in [5.41, 5.74) is 0. The molecule has 0 aliphatic heterocycles. The zero-order chi connectivity index (χ0) is 11.2. The van der Waals surface area contributed by atoms with Gasteiger partial charge in [-0.15, -0.1) is 0 Å². The van der Waals surface area contributed by atoms with Crippen LogP contribution in [-0.2, 0) is 4.57 Å². The topological polar surface area (TPSA) is 81.4 Å². The average Bonchev–Trinajstić information content (AvgIpc) is 2.04. The van der Waals surface area contributed by atoms with E-state index in [2.05, 4.69) is 12.2 Å². The fourth-order valence-corrected chi connectivity index (χ4v) is 1.61. The molecule has 7 heteroatoms. The van der Waals surface area contributed by atoms with Crippen LogP contribution in [0.4, 0.5) is 0 Å². The van der Waals surface area contributed by atoms with Crippen molar-refractivity contribution in [3.05, 3.63) is 24.3 Å². The summed E-state index contributed by atoms with van der Waals surface area (Å²) in [6.45, 7) is 0. The molecule has 1 aromatic rings. The van der Waals surface area contributed by atoms with Crippen molar-refractivity contribution in [2.24, 2.45) is 0 Å². The Labute approximate surface area is 104 Å². The molecule has 0 atom stereocenters. The monoisotopic (exact) mass is 239 g/mol. The SMILES string of the molecule is N=C=S.O=P(O)(O)c1cc[c]([Na])cc1. The molecule has 3 N–H and O–H groups in total. The van der Waals surface area contributed by atoms with Crippen molar-refractivity contribution in [1.29, 1.82) is 5.41 Å². The first-order valence-electron chi connectivity index (χ1n) is 3.58. The van der Waals surface area contributed by atoms with Gasteiger partial charge in [0.2, 0.25) is 0 Å². The molecular weight excluding hydrogens is 232 g/mol. The first-order valence-corrected chi connectivity index (χ1v) is 6.60. The van der Waals surface area contributed by atoms with E-state index in [1.807, 2.05) is 0 Å². The normalized spacial score (nSPS) is 9.71. The van der Waals surface area contributed by atoms with Crippen molar-refractivity contribution in [3.63, 3.8) is 0 Å². The van der Waals surface area contributed by atoms with Crippen LogP contribution in [0, 0.1) is 5.41 Å². The zero-order valence-electron chi connectivity index (χ0n) is 7.47. The Hall–Kier alpha value is 0.170. The Morgan fingerprint density at radius 2 is 1.71 bits per heavy atom. The van der Waals surface area contributed by atoms with E-state index in [0.29, 0.717) is 0 Å². The quantitative estimate of drug-likeness (QED) is 0.278. The summed E-state index contributed by atoms with van der Waals surface area (Å²) < 4.78 is 11.8. The molecule has 0 spiro atoms. The van der Waals surface area contributed by atoms with Gasteiger partial charge in [-0.1, -0.05) is 0 Å². The van der Waals surface area contributed by atoms with Crippen molar-refractivity contribution in [2.75, 3.05) is 0 Å². The molecule has 0 unspecified atom stereocenters. The molecule has 14 heavy (non-hydrogen) atoms. The minimum absolute atomic E-state index is 0.0945. The van der Waals surface area contributed by atoms with E-state index >= 15 is 0 Å². The third-order valence-corrected chi connectivity index (χ3v) is 3.01. The maximum absolute atomic E-state index is 10.6. The van der Waals surface area contributed by atoms with Gasteiger partial charge in [-0.25, -0.2) is 5.41 Å². The summed E-state index contributed by atoms with van der Waals surface area (Å²) in [4.78, 5) is 17.4.